The Morgan fingerprint density at radius 3 is 2.12 bits per heavy atom. The van der Waals surface area contributed by atoms with Gasteiger partial charge in [-0.25, -0.2) is 0 Å². The molecule has 1 saturated carbocycles. The lowest BCUT2D eigenvalue weighted by Crippen LogP contribution is -2.49. The fourth-order valence-corrected chi connectivity index (χ4v) is 5.44. The summed E-state index contributed by atoms with van der Waals surface area (Å²) in [6.45, 7) is 5.97. The first kappa shape index (κ1) is 21.9. The maximum absolute atomic E-state index is 13.2. The molecule has 33 heavy (non-hydrogen) atoms. The molecule has 5 rings (SSSR count). The Kier molecular flexibility index (Phi) is 6.32. The standard InChI is InChI=1S/C28H33N3O2/c32-26(24-11-5-2-6-12-24)30-16-13-28(14-17-30)22-25(28)27(33)31-20-18-29(19-21-31)15-7-10-23-8-3-1-4-9-23/h1-12,25H,13-22H2. The molecule has 2 aromatic carbocycles. The van der Waals surface area contributed by atoms with E-state index >= 15 is 0 Å². The number of hydrogen-bond donors (Lipinski definition) is 0. The Balaban J connectivity index is 1.06. The highest BCUT2D eigenvalue weighted by Gasteiger charge is 2.59. The number of piperidine rings is 1. The highest BCUT2D eigenvalue weighted by molar-refractivity contribution is 5.94. The Hall–Kier alpha value is -2.92. The smallest absolute Gasteiger partial charge is 0.253 e. The average molecular weight is 444 g/mol. The first-order valence-corrected chi connectivity index (χ1v) is 12.2. The average Bonchev–Trinajstić information content (AvgIpc) is 3.58. The molecule has 2 aromatic rings. The molecule has 0 radical (unpaired) electrons. The van der Waals surface area contributed by atoms with Gasteiger partial charge in [-0.1, -0.05) is 60.7 Å². The molecule has 2 amide bonds. The van der Waals surface area contributed by atoms with Crippen LogP contribution in [0.15, 0.2) is 66.7 Å². The number of carbonyl (C=O) groups excluding carboxylic acids is 2. The SMILES string of the molecule is O=C(c1ccccc1)N1CCC2(CC1)CC2C(=O)N1CCN(CC=Cc2ccccc2)CC1. The molecule has 1 unspecified atom stereocenters. The van der Waals surface area contributed by atoms with Crippen molar-refractivity contribution < 1.29 is 9.59 Å². The third kappa shape index (κ3) is 4.88. The maximum Gasteiger partial charge on any atom is 0.253 e. The highest BCUT2D eigenvalue weighted by Crippen LogP contribution is 2.60. The lowest BCUT2D eigenvalue weighted by Gasteiger charge is -2.36. The van der Waals surface area contributed by atoms with Crippen molar-refractivity contribution in [1.29, 1.82) is 0 Å². The first-order chi connectivity index (χ1) is 16.1. The quantitative estimate of drug-likeness (QED) is 0.706. The van der Waals surface area contributed by atoms with E-state index in [9.17, 15) is 9.59 Å². The molecule has 3 aliphatic rings. The van der Waals surface area contributed by atoms with Crippen LogP contribution in [-0.2, 0) is 4.79 Å². The number of nitrogens with zero attached hydrogens (tertiary/aromatic N) is 3. The molecular weight excluding hydrogens is 410 g/mol. The van der Waals surface area contributed by atoms with Gasteiger partial charge in [0.1, 0.15) is 0 Å². The van der Waals surface area contributed by atoms with E-state index in [0.29, 0.717) is 5.91 Å². The van der Waals surface area contributed by atoms with Crippen LogP contribution in [0.1, 0.15) is 35.2 Å². The fourth-order valence-electron chi connectivity index (χ4n) is 5.44. The van der Waals surface area contributed by atoms with E-state index in [1.54, 1.807) is 0 Å². The first-order valence-electron chi connectivity index (χ1n) is 12.2. The van der Waals surface area contributed by atoms with Crippen LogP contribution in [0.3, 0.4) is 0 Å². The zero-order valence-corrected chi connectivity index (χ0v) is 19.2. The van der Waals surface area contributed by atoms with Crippen LogP contribution in [-0.4, -0.2) is 72.3 Å². The maximum atomic E-state index is 13.2. The second-order valence-corrected chi connectivity index (χ2v) is 9.72. The van der Waals surface area contributed by atoms with Gasteiger partial charge >= 0.3 is 0 Å². The van der Waals surface area contributed by atoms with Crippen molar-refractivity contribution in [3.05, 3.63) is 77.9 Å². The lowest BCUT2D eigenvalue weighted by molar-refractivity contribution is -0.135. The van der Waals surface area contributed by atoms with Gasteiger partial charge in [0.05, 0.1) is 0 Å². The lowest BCUT2D eigenvalue weighted by atomic mass is 9.90. The number of likely N-dealkylation sites (tertiary alicyclic amines) is 1. The summed E-state index contributed by atoms with van der Waals surface area (Å²) in [5.74, 6) is 0.625. The molecule has 1 atom stereocenters. The van der Waals surface area contributed by atoms with E-state index in [0.717, 1.165) is 70.6 Å². The van der Waals surface area contributed by atoms with Crippen LogP contribution in [0, 0.1) is 11.3 Å². The minimum Gasteiger partial charge on any atom is -0.340 e. The third-order valence-corrected chi connectivity index (χ3v) is 7.71. The zero-order valence-electron chi connectivity index (χ0n) is 19.2. The van der Waals surface area contributed by atoms with Gasteiger partial charge in [-0.05, 0) is 42.4 Å². The molecular formula is C28H33N3O2. The van der Waals surface area contributed by atoms with Crippen LogP contribution in [0.4, 0.5) is 0 Å². The minimum atomic E-state index is 0.117. The third-order valence-electron chi connectivity index (χ3n) is 7.71. The summed E-state index contributed by atoms with van der Waals surface area (Å²) in [5, 5.41) is 0. The molecule has 5 nitrogen and oxygen atoms in total. The number of rotatable bonds is 5. The summed E-state index contributed by atoms with van der Waals surface area (Å²) < 4.78 is 0. The van der Waals surface area contributed by atoms with E-state index in [1.807, 2.05) is 41.3 Å². The molecule has 2 heterocycles. The number of piperazine rings is 1. The Labute approximate surface area is 196 Å². The van der Waals surface area contributed by atoms with Gasteiger partial charge in [-0.2, -0.15) is 0 Å². The number of benzene rings is 2. The monoisotopic (exact) mass is 443 g/mol. The summed E-state index contributed by atoms with van der Waals surface area (Å²) in [6, 6.07) is 19.9. The van der Waals surface area contributed by atoms with Crippen LogP contribution in [0.25, 0.3) is 6.08 Å². The zero-order chi connectivity index (χ0) is 22.7. The van der Waals surface area contributed by atoms with Gasteiger partial charge in [0.2, 0.25) is 5.91 Å². The van der Waals surface area contributed by atoms with Crippen molar-refractivity contribution in [2.75, 3.05) is 45.8 Å². The minimum absolute atomic E-state index is 0.117. The van der Waals surface area contributed by atoms with Crippen molar-refractivity contribution in [2.45, 2.75) is 19.3 Å². The van der Waals surface area contributed by atoms with Gasteiger partial charge in [-0.15, -0.1) is 0 Å². The molecule has 3 fully saturated rings. The van der Waals surface area contributed by atoms with E-state index < -0.39 is 0 Å². The van der Waals surface area contributed by atoms with Gasteiger partial charge in [0, 0.05) is 57.3 Å². The van der Waals surface area contributed by atoms with Crippen molar-refractivity contribution >= 4 is 17.9 Å². The predicted octanol–water partition coefficient (Wildman–Crippen LogP) is 3.79. The van der Waals surface area contributed by atoms with Crippen molar-refractivity contribution in [1.82, 2.24) is 14.7 Å². The van der Waals surface area contributed by atoms with Crippen LogP contribution in [0.2, 0.25) is 0 Å². The van der Waals surface area contributed by atoms with E-state index in [4.69, 9.17) is 0 Å². The Bertz CT molecular complexity index is 988. The van der Waals surface area contributed by atoms with Gasteiger partial charge < -0.3 is 9.80 Å². The molecule has 2 saturated heterocycles. The van der Waals surface area contributed by atoms with E-state index in [2.05, 4.69) is 46.2 Å². The molecule has 0 N–H and O–H groups in total. The van der Waals surface area contributed by atoms with Crippen molar-refractivity contribution in [3.8, 4) is 0 Å². The Morgan fingerprint density at radius 1 is 0.818 bits per heavy atom. The molecule has 2 aliphatic heterocycles. The molecule has 172 valence electrons. The molecule has 5 heteroatoms. The second-order valence-electron chi connectivity index (χ2n) is 9.72. The van der Waals surface area contributed by atoms with Crippen LogP contribution in [0.5, 0.6) is 0 Å². The van der Waals surface area contributed by atoms with E-state index in [1.165, 1.54) is 5.56 Å². The number of amides is 2. The molecule has 1 spiro atoms. The normalized spacial score (nSPS) is 22.6. The summed E-state index contributed by atoms with van der Waals surface area (Å²) in [7, 11) is 0. The van der Waals surface area contributed by atoms with Crippen LogP contribution < -0.4 is 0 Å². The Morgan fingerprint density at radius 2 is 1.45 bits per heavy atom. The van der Waals surface area contributed by atoms with E-state index in [-0.39, 0.29) is 17.2 Å². The highest BCUT2D eigenvalue weighted by atomic mass is 16.2. The molecule has 1 aliphatic carbocycles. The summed E-state index contributed by atoms with van der Waals surface area (Å²) in [4.78, 5) is 32.4. The van der Waals surface area contributed by atoms with Gasteiger partial charge in [-0.3, -0.25) is 14.5 Å². The van der Waals surface area contributed by atoms with Crippen LogP contribution >= 0.6 is 0 Å². The van der Waals surface area contributed by atoms with Crippen molar-refractivity contribution in [3.63, 3.8) is 0 Å². The topological polar surface area (TPSA) is 43.9 Å². The second kappa shape index (κ2) is 9.52. The molecule has 0 bridgehead atoms. The fraction of sp³-hybridized carbons (Fsp3) is 0.429. The number of carbonyl (C=O) groups is 2. The largest absolute Gasteiger partial charge is 0.340 e. The number of hydrogen-bond acceptors (Lipinski definition) is 3. The summed E-state index contributed by atoms with van der Waals surface area (Å²) in [5.41, 5.74) is 2.12. The summed E-state index contributed by atoms with van der Waals surface area (Å²) >= 11 is 0. The van der Waals surface area contributed by atoms with Crippen molar-refractivity contribution in [2.24, 2.45) is 11.3 Å². The van der Waals surface area contributed by atoms with Gasteiger partial charge in [0.25, 0.3) is 5.91 Å². The van der Waals surface area contributed by atoms with Gasteiger partial charge in [0.15, 0.2) is 0 Å². The predicted molar refractivity (Wildman–Crippen MR) is 131 cm³/mol. The molecule has 0 aromatic heterocycles. The summed E-state index contributed by atoms with van der Waals surface area (Å²) in [6.07, 6.45) is 7.28.